The van der Waals surface area contributed by atoms with E-state index >= 15 is 0 Å². The molecule has 0 fully saturated rings. The van der Waals surface area contributed by atoms with Crippen molar-refractivity contribution >= 4 is 44.9 Å². The van der Waals surface area contributed by atoms with Gasteiger partial charge in [-0.3, -0.25) is 4.79 Å². The maximum absolute atomic E-state index is 12.9. The van der Waals surface area contributed by atoms with E-state index in [9.17, 15) is 4.79 Å². The lowest BCUT2D eigenvalue weighted by molar-refractivity contribution is 0.103. The molecule has 2 nitrogen and oxygen atoms in total. The Labute approximate surface area is 142 Å². The lowest BCUT2D eigenvalue weighted by Gasteiger charge is -2.16. The molecule has 0 amide bonds. The summed E-state index contributed by atoms with van der Waals surface area (Å²) in [6.45, 7) is 3.75. The first-order chi connectivity index (χ1) is 9.88. The van der Waals surface area contributed by atoms with Gasteiger partial charge in [-0.2, -0.15) is 0 Å². The summed E-state index contributed by atoms with van der Waals surface area (Å²) in [5, 5.41) is 0.606. The van der Waals surface area contributed by atoms with Crippen LogP contribution in [0.2, 0.25) is 10.0 Å². The maximum atomic E-state index is 12.9. The van der Waals surface area contributed by atoms with Crippen LogP contribution >= 0.6 is 39.1 Å². The molecule has 2 aromatic rings. The van der Waals surface area contributed by atoms with Gasteiger partial charge in [0, 0.05) is 10.0 Å². The molecule has 0 heterocycles. The van der Waals surface area contributed by atoms with Gasteiger partial charge in [-0.05, 0) is 43.2 Å². The molecule has 0 saturated carbocycles. The molecule has 0 aromatic heterocycles. The molecule has 0 aliphatic heterocycles. The molecule has 110 valence electrons. The van der Waals surface area contributed by atoms with Crippen molar-refractivity contribution in [2.75, 3.05) is 7.11 Å². The average Bonchev–Trinajstić information content (AvgIpc) is 2.44. The molecule has 21 heavy (non-hydrogen) atoms. The van der Waals surface area contributed by atoms with Gasteiger partial charge in [0.05, 0.1) is 22.7 Å². The third kappa shape index (κ3) is 2.96. The molecule has 0 N–H and O–H groups in total. The zero-order chi connectivity index (χ0) is 15.7. The number of benzene rings is 2. The number of halogens is 3. The number of hydrogen-bond donors (Lipinski definition) is 0. The Morgan fingerprint density at radius 3 is 2.52 bits per heavy atom. The summed E-state index contributed by atoms with van der Waals surface area (Å²) in [6, 6.07) is 6.93. The number of carbonyl (C=O) groups excluding carboxylic acids is 1. The summed E-state index contributed by atoms with van der Waals surface area (Å²) < 4.78 is 6.26. The van der Waals surface area contributed by atoms with E-state index in [1.807, 2.05) is 19.9 Å². The molecule has 0 bridgehead atoms. The monoisotopic (exact) mass is 386 g/mol. The van der Waals surface area contributed by atoms with E-state index in [2.05, 4.69) is 15.9 Å². The number of carbonyl (C=O) groups is 1. The van der Waals surface area contributed by atoms with Crippen LogP contribution in [0.4, 0.5) is 0 Å². The fourth-order valence-corrected chi connectivity index (χ4v) is 3.13. The Kier molecular flexibility index (Phi) is 4.97. The van der Waals surface area contributed by atoms with Crippen molar-refractivity contribution in [2.45, 2.75) is 13.8 Å². The van der Waals surface area contributed by atoms with Crippen LogP contribution in [0.1, 0.15) is 27.0 Å². The van der Waals surface area contributed by atoms with E-state index in [1.54, 1.807) is 25.3 Å². The van der Waals surface area contributed by atoms with E-state index < -0.39 is 0 Å². The SMILES string of the molecule is COc1c(C)cc(Br)c(C)c1C(=O)c1cccc(Cl)c1Cl. The standard InChI is InChI=1S/C16H13BrCl2O2/c1-8-7-11(17)9(2)13(16(8)21-3)15(20)10-5-4-6-12(18)14(10)19/h4-7H,1-3H3. The molecule has 0 spiro atoms. The van der Waals surface area contributed by atoms with Crippen molar-refractivity contribution in [2.24, 2.45) is 0 Å². The van der Waals surface area contributed by atoms with Crippen LogP contribution in [0.5, 0.6) is 5.75 Å². The Balaban J connectivity index is 2.72. The van der Waals surface area contributed by atoms with Crippen LogP contribution in [0.3, 0.4) is 0 Å². The minimum Gasteiger partial charge on any atom is -0.496 e. The van der Waals surface area contributed by atoms with Crippen LogP contribution in [0.15, 0.2) is 28.7 Å². The van der Waals surface area contributed by atoms with E-state index in [0.717, 1.165) is 15.6 Å². The number of aryl methyl sites for hydroxylation is 1. The van der Waals surface area contributed by atoms with Crippen molar-refractivity contribution < 1.29 is 9.53 Å². The maximum Gasteiger partial charge on any atom is 0.198 e. The van der Waals surface area contributed by atoms with Gasteiger partial charge < -0.3 is 4.74 Å². The van der Waals surface area contributed by atoms with Crippen molar-refractivity contribution in [1.82, 2.24) is 0 Å². The lowest BCUT2D eigenvalue weighted by Crippen LogP contribution is -2.09. The van der Waals surface area contributed by atoms with Crippen LogP contribution in [0.25, 0.3) is 0 Å². The smallest absolute Gasteiger partial charge is 0.198 e. The summed E-state index contributed by atoms with van der Waals surface area (Å²) in [5.41, 5.74) is 2.53. The second-order valence-corrected chi connectivity index (χ2v) is 6.28. The molecule has 5 heteroatoms. The molecule has 0 atom stereocenters. The largest absolute Gasteiger partial charge is 0.496 e. The predicted octanol–water partition coefficient (Wildman–Crippen LogP) is 5.61. The first-order valence-electron chi connectivity index (χ1n) is 6.20. The fraction of sp³-hybridized carbons (Fsp3) is 0.188. The van der Waals surface area contributed by atoms with Gasteiger partial charge in [0.1, 0.15) is 5.75 Å². The van der Waals surface area contributed by atoms with E-state index in [-0.39, 0.29) is 10.8 Å². The van der Waals surface area contributed by atoms with Gasteiger partial charge >= 0.3 is 0 Å². The van der Waals surface area contributed by atoms with Crippen LogP contribution in [-0.2, 0) is 0 Å². The number of ether oxygens (including phenoxy) is 1. The van der Waals surface area contributed by atoms with Gasteiger partial charge in [-0.15, -0.1) is 0 Å². The number of methoxy groups -OCH3 is 1. The number of ketones is 1. The van der Waals surface area contributed by atoms with Crippen LogP contribution in [-0.4, -0.2) is 12.9 Å². The third-order valence-corrected chi connectivity index (χ3v) is 4.93. The topological polar surface area (TPSA) is 26.3 Å². The second-order valence-electron chi connectivity index (χ2n) is 4.64. The van der Waals surface area contributed by atoms with Crippen molar-refractivity contribution in [3.63, 3.8) is 0 Å². The molecule has 2 rings (SSSR count). The van der Waals surface area contributed by atoms with Crippen molar-refractivity contribution in [1.29, 1.82) is 0 Å². The minimum atomic E-state index is -0.207. The minimum absolute atomic E-state index is 0.207. The summed E-state index contributed by atoms with van der Waals surface area (Å²) in [5.74, 6) is 0.345. The Hall–Kier alpha value is -1.03. The van der Waals surface area contributed by atoms with Gasteiger partial charge in [-0.25, -0.2) is 0 Å². The van der Waals surface area contributed by atoms with Crippen molar-refractivity contribution in [3.8, 4) is 5.75 Å². The highest BCUT2D eigenvalue weighted by Crippen LogP contribution is 2.36. The molecule has 0 radical (unpaired) electrons. The second kappa shape index (κ2) is 6.39. The summed E-state index contributed by atoms with van der Waals surface area (Å²) in [7, 11) is 1.55. The zero-order valence-corrected chi connectivity index (χ0v) is 14.9. The van der Waals surface area contributed by atoms with E-state index in [0.29, 0.717) is 21.9 Å². The molecule has 0 unspecified atom stereocenters. The quantitative estimate of drug-likeness (QED) is 0.639. The van der Waals surface area contributed by atoms with Crippen LogP contribution < -0.4 is 4.74 Å². The first-order valence-corrected chi connectivity index (χ1v) is 7.75. The van der Waals surface area contributed by atoms with Gasteiger partial charge in [0.15, 0.2) is 5.78 Å². The Bertz CT molecular complexity index is 727. The number of hydrogen-bond acceptors (Lipinski definition) is 2. The Morgan fingerprint density at radius 1 is 1.24 bits per heavy atom. The van der Waals surface area contributed by atoms with Gasteiger partial charge in [0.2, 0.25) is 0 Å². The third-order valence-electron chi connectivity index (χ3n) is 3.29. The molecule has 2 aromatic carbocycles. The molecule has 0 saturated heterocycles. The first kappa shape index (κ1) is 16.3. The summed E-state index contributed by atoms with van der Waals surface area (Å²) in [6.07, 6.45) is 0. The fourth-order valence-electron chi connectivity index (χ4n) is 2.20. The predicted molar refractivity (Wildman–Crippen MR) is 90.1 cm³/mol. The van der Waals surface area contributed by atoms with Crippen LogP contribution in [0, 0.1) is 13.8 Å². The summed E-state index contributed by atoms with van der Waals surface area (Å²) >= 11 is 15.6. The molecule has 0 aliphatic rings. The molecular weight excluding hydrogens is 375 g/mol. The number of rotatable bonds is 3. The normalized spacial score (nSPS) is 10.6. The Morgan fingerprint density at radius 2 is 1.90 bits per heavy atom. The van der Waals surface area contributed by atoms with Gasteiger partial charge in [0.25, 0.3) is 0 Å². The molecule has 0 aliphatic carbocycles. The van der Waals surface area contributed by atoms with Crippen molar-refractivity contribution in [3.05, 3.63) is 61.0 Å². The molecular formula is C16H13BrCl2O2. The average molecular weight is 388 g/mol. The lowest BCUT2D eigenvalue weighted by atomic mass is 9.96. The highest BCUT2D eigenvalue weighted by atomic mass is 79.9. The highest BCUT2D eigenvalue weighted by molar-refractivity contribution is 9.10. The van der Waals surface area contributed by atoms with E-state index in [1.165, 1.54) is 0 Å². The zero-order valence-electron chi connectivity index (χ0n) is 11.8. The van der Waals surface area contributed by atoms with E-state index in [4.69, 9.17) is 27.9 Å². The van der Waals surface area contributed by atoms with Gasteiger partial charge in [-0.1, -0.05) is 45.2 Å². The summed E-state index contributed by atoms with van der Waals surface area (Å²) in [4.78, 5) is 12.9. The highest BCUT2D eigenvalue weighted by Gasteiger charge is 2.23.